The molecule has 1 aromatic heterocycles. The minimum absolute atomic E-state index is 0.0369. The second kappa shape index (κ2) is 5.41. The van der Waals surface area contributed by atoms with Crippen molar-refractivity contribution in [2.75, 3.05) is 0 Å². The first-order valence-corrected chi connectivity index (χ1v) is 9.10. The van der Waals surface area contributed by atoms with Gasteiger partial charge in [0.2, 0.25) is 0 Å². The van der Waals surface area contributed by atoms with Crippen LogP contribution in [0.15, 0.2) is 42.0 Å². The summed E-state index contributed by atoms with van der Waals surface area (Å²) in [5.74, 6) is 0.107. The maximum absolute atomic E-state index is 12.8. The van der Waals surface area contributed by atoms with Crippen LogP contribution in [0.25, 0.3) is 11.3 Å². The fraction of sp³-hybridized carbons (Fsp3) is 0.409. The molecule has 0 N–H and O–H groups in total. The molecule has 2 aliphatic rings. The number of nitrogens with zero attached hydrogens (tertiary/aromatic N) is 3. The number of carbonyl (C=O) groups is 1. The van der Waals surface area contributed by atoms with Crippen molar-refractivity contribution >= 4 is 5.78 Å². The van der Waals surface area contributed by atoms with Gasteiger partial charge in [-0.2, -0.15) is 10.4 Å². The van der Waals surface area contributed by atoms with E-state index in [-0.39, 0.29) is 17.3 Å². The van der Waals surface area contributed by atoms with E-state index in [2.05, 4.69) is 25.1 Å². The molecule has 0 bridgehead atoms. The molecule has 1 aromatic carbocycles. The lowest BCUT2D eigenvalue weighted by Gasteiger charge is -2.49. The third kappa shape index (κ3) is 2.07. The van der Waals surface area contributed by atoms with Gasteiger partial charge in [0.1, 0.15) is 6.07 Å². The van der Waals surface area contributed by atoms with E-state index in [1.165, 1.54) is 5.56 Å². The normalized spacial score (nSPS) is 26.5. The second-order valence-electron chi connectivity index (χ2n) is 8.26. The number of aromatic nitrogens is 2. The van der Waals surface area contributed by atoms with Crippen molar-refractivity contribution in [2.45, 2.75) is 39.0 Å². The van der Waals surface area contributed by atoms with Gasteiger partial charge in [0.05, 0.1) is 17.0 Å². The number of carbonyl (C=O) groups excluding carboxylic acids is 1. The molecule has 26 heavy (non-hydrogen) atoms. The number of fused-ring (bicyclic) bond motifs is 3. The average Bonchev–Trinajstić information content (AvgIpc) is 2.96. The minimum Gasteiger partial charge on any atom is -0.293 e. The van der Waals surface area contributed by atoms with E-state index >= 15 is 0 Å². The molecule has 4 heteroatoms. The van der Waals surface area contributed by atoms with Crippen LogP contribution in [0.3, 0.4) is 0 Å². The number of rotatable bonds is 1. The number of benzene rings is 1. The van der Waals surface area contributed by atoms with E-state index in [4.69, 9.17) is 5.10 Å². The summed E-state index contributed by atoms with van der Waals surface area (Å²) in [6, 6.07) is 12.4. The smallest absolute Gasteiger partial charge is 0.178 e. The Balaban J connectivity index is 1.97. The second-order valence-corrected chi connectivity index (χ2v) is 8.26. The molecule has 1 unspecified atom stereocenters. The molecule has 2 atom stereocenters. The Bertz CT molecular complexity index is 975. The number of hydrogen-bond acceptors (Lipinski definition) is 3. The van der Waals surface area contributed by atoms with Crippen molar-refractivity contribution in [2.24, 2.45) is 18.4 Å². The molecule has 132 valence electrons. The van der Waals surface area contributed by atoms with E-state index in [1.54, 1.807) is 0 Å². The molecular formula is C22H23N3O. The number of Topliss-reactive ketones (excluding diaryl/α,β-unsaturated/α-hetero) is 1. The van der Waals surface area contributed by atoms with E-state index in [0.717, 1.165) is 29.8 Å². The summed E-state index contributed by atoms with van der Waals surface area (Å²) >= 11 is 0. The van der Waals surface area contributed by atoms with Gasteiger partial charge in [-0.1, -0.05) is 57.2 Å². The van der Waals surface area contributed by atoms with Crippen LogP contribution in [0.5, 0.6) is 0 Å². The third-order valence-electron chi connectivity index (χ3n) is 6.38. The zero-order valence-corrected chi connectivity index (χ0v) is 15.7. The van der Waals surface area contributed by atoms with Gasteiger partial charge in [0, 0.05) is 29.0 Å². The van der Waals surface area contributed by atoms with Gasteiger partial charge in [-0.15, -0.1) is 0 Å². The molecule has 0 amide bonds. The Hall–Kier alpha value is -2.67. The van der Waals surface area contributed by atoms with Crippen molar-refractivity contribution < 1.29 is 4.79 Å². The summed E-state index contributed by atoms with van der Waals surface area (Å²) in [5, 5.41) is 14.4. The molecule has 4 rings (SSSR count). The maximum atomic E-state index is 12.8. The van der Waals surface area contributed by atoms with Gasteiger partial charge in [-0.3, -0.25) is 9.48 Å². The van der Waals surface area contributed by atoms with Crippen LogP contribution < -0.4 is 0 Å². The average molecular weight is 345 g/mol. The summed E-state index contributed by atoms with van der Waals surface area (Å²) in [6.07, 6.45) is 3.70. The fourth-order valence-electron chi connectivity index (χ4n) is 5.18. The third-order valence-corrected chi connectivity index (χ3v) is 6.38. The number of nitriles is 1. The zero-order chi connectivity index (χ0) is 18.7. The highest BCUT2D eigenvalue weighted by atomic mass is 16.1. The first-order valence-electron chi connectivity index (χ1n) is 9.10. The SMILES string of the molecule is Cn1nc2c(c1-c1ccccc1)CCC1C(C)(C)C(=O)C(C#N)=C[C@]21C. The minimum atomic E-state index is -0.559. The van der Waals surface area contributed by atoms with Gasteiger partial charge in [0.15, 0.2) is 5.78 Å². The van der Waals surface area contributed by atoms with Crippen molar-refractivity contribution in [1.82, 2.24) is 9.78 Å². The van der Waals surface area contributed by atoms with E-state index in [9.17, 15) is 10.1 Å². The molecule has 4 nitrogen and oxygen atoms in total. The number of allylic oxidation sites excluding steroid dienone is 2. The van der Waals surface area contributed by atoms with Crippen LogP contribution in [0.1, 0.15) is 38.4 Å². The molecule has 1 heterocycles. The molecule has 0 saturated carbocycles. The van der Waals surface area contributed by atoms with E-state index in [0.29, 0.717) is 0 Å². The lowest BCUT2D eigenvalue weighted by Crippen LogP contribution is -2.51. The topological polar surface area (TPSA) is 58.7 Å². The lowest BCUT2D eigenvalue weighted by molar-refractivity contribution is -0.128. The Kier molecular flexibility index (Phi) is 3.49. The van der Waals surface area contributed by atoms with Crippen LogP contribution >= 0.6 is 0 Å². The highest BCUT2D eigenvalue weighted by Gasteiger charge is 2.55. The Morgan fingerprint density at radius 2 is 1.92 bits per heavy atom. The van der Waals surface area contributed by atoms with Crippen molar-refractivity contribution in [1.29, 1.82) is 5.26 Å². The molecule has 0 spiro atoms. The molecule has 0 fully saturated rings. The quantitative estimate of drug-likeness (QED) is 0.786. The Morgan fingerprint density at radius 1 is 1.23 bits per heavy atom. The summed E-state index contributed by atoms with van der Waals surface area (Å²) in [7, 11) is 1.98. The lowest BCUT2D eigenvalue weighted by atomic mass is 9.52. The van der Waals surface area contributed by atoms with Crippen molar-refractivity contribution in [3.63, 3.8) is 0 Å². The van der Waals surface area contributed by atoms with Gasteiger partial charge in [-0.05, 0) is 18.8 Å². The van der Waals surface area contributed by atoms with Crippen LogP contribution in [-0.4, -0.2) is 15.6 Å². The standard InChI is InChI=1S/C22H23N3O/c1-21(2)17-11-10-16-18(14-8-6-5-7-9-14)25(4)24-19(16)22(17,3)12-15(13-23)20(21)26/h5-9,12,17H,10-11H2,1-4H3/t17?,22-/m0/s1. The zero-order valence-electron chi connectivity index (χ0n) is 15.7. The number of hydrogen-bond donors (Lipinski definition) is 0. The molecular weight excluding hydrogens is 322 g/mol. The highest BCUT2D eigenvalue weighted by molar-refractivity contribution is 6.04. The fourth-order valence-corrected chi connectivity index (χ4v) is 5.18. The largest absolute Gasteiger partial charge is 0.293 e. The van der Waals surface area contributed by atoms with Crippen LogP contribution in [0, 0.1) is 22.7 Å². The van der Waals surface area contributed by atoms with Crippen molar-refractivity contribution in [3.05, 3.63) is 53.2 Å². The molecule has 2 aliphatic carbocycles. The Labute approximate surface area is 154 Å². The van der Waals surface area contributed by atoms with Crippen molar-refractivity contribution in [3.8, 4) is 17.3 Å². The van der Waals surface area contributed by atoms with Crippen LogP contribution in [-0.2, 0) is 23.7 Å². The Morgan fingerprint density at radius 3 is 2.58 bits per heavy atom. The molecule has 0 aliphatic heterocycles. The summed E-state index contributed by atoms with van der Waals surface area (Å²) in [6.45, 7) is 6.10. The molecule has 2 aromatic rings. The number of ketones is 1. The first kappa shape index (κ1) is 16.8. The van der Waals surface area contributed by atoms with Crippen LogP contribution in [0.4, 0.5) is 0 Å². The van der Waals surface area contributed by atoms with Gasteiger partial charge < -0.3 is 0 Å². The van der Waals surface area contributed by atoms with Gasteiger partial charge >= 0.3 is 0 Å². The first-order chi connectivity index (χ1) is 12.3. The predicted octanol–water partition coefficient (Wildman–Crippen LogP) is 3.97. The summed E-state index contributed by atoms with van der Waals surface area (Å²) < 4.78 is 1.96. The van der Waals surface area contributed by atoms with E-state index < -0.39 is 10.8 Å². The molecule has 0 saturated heterocycles. The maximum Gasteiger partial charge on any atom is 0.178 e. The number of aryl methyl sites for hydroxylation is 1. The van der Waals surface area contributed by atoms with Gasteiger partial charge in [0.25, 0.3) is 0 Å². The monoisotopic (exact) mass is 345 g/mol. The molecule has 0 radical (unpaired) electrons. The van der Waals surface area contributed by atoms with Crippen LogP contribution in [0.2, 0.25) is 0 Å². The summed E-state index contributed by atoms with van der Waals surface area (Å²) in [5.41, 5.74) is 3.87. The van der Waals surface area contributed by atoms with Gasteiger partial charge in [-0.25, -0.2) is 0 Å². The van der Waals surface area contributed by atoms with E-state index in [1.807, 2.05) is 49.9 Å². The summed E-state index contributed by atoms with van der Waals surface area (Å²) in [4.78, 5) is 12.8. The predicted molar refractivity (Wildman–Crippen MR) is 100 cm³/mol. The highest BCUT2D eigenvalue weighted by Crippen LogP contribution is 2.55.